The summed E-state index contributed by atoms with van der Waals surface area (Å²) in [6.07, 6.45) is 1.62. The monoisotopic (exact) mass is 766 g/mol. The summed E-state index contributed by atoms with van der Waals surface area (Å²) in [7, 11) is 0. The molecule has 0 bridgehead atoms. The van der Waals surface area contributed by atoms with E-state index in [0.717, 1.165) is 0 Å². The molecule has 54 heavy (non-hydrogen) atoms. The molecule has 21 nitrogen and oxygen atoms in total. The highest BCUT2D eigenvalue weighted by molar-refractivity contribution is 5.97. The van der Waals surface area contributed by atoms with Crippen LogP contribution < -0.4 is 43.0 Å². The molecule has 5 atom stereocenters. The first-order valence-corrected chi connectivity index (χ1v) is 17.9. The standard InChI is InChI=1S/C33H54N10O11/c1-17(2)27(40-25(47)14-35-22(44)12-34)32(53)42-10-6-9-21(42)31(52)38-15-24(46)39-19(5)29(50)41-28(18(3)4)33(54)43-11-7-8-20(43)30(51)37-13-23(45)36-16-26(48)49/h17-21,27-28H,6-16,34H2,1-5H3,(H,35,44)(H,36,45)(H,37,51)(H,38,52)(H,39,46)(H,40,47)(H,41,50)(H,48,49)/t19-,20-,21-,27-,28-/m0/s1. The summed E-state index contributed by atoms with van der Waals surface area (Å²) < 4.78 is 0. The zero-order chi connectivity index (χ0) is 40.7. The lowest BCUT2D eigenvalue weighted by molar-refractivity contribution is -0.143. The minimum Gasteiger partial charge on any atom is -0.480 e. The van der Waals surface area contributed by atoms with Crippen LogP contribution in [0.15, 0.2) is 0 Å². The van der Waals surface area contributed by atoms with Gasteiger partial charge < -0.3 is 57.9 Å². The average Bonchev–Trinajstić information content (AvgIpc) is 3.82. The third-order valence-corrected chi connectivity index (χ3v) is 8.84. The molecular formula is C33H54N10O11. The van der Waals surface area contributed by atoms with Crippen LogP contribution in [0.25, 0.3) is 0 Å². The predicted octanol–water partition coefficient (Wildman–Crippen LogP) is -4.74. The summed E-state index contributed by atoms with van der Waals surface area (Å²) in [5.74, 6) is -7.55. The molecule has 2 aliphatic rings. The van der Waals surface area contributed by atoms with Crippen molar-refractivity contribution in [1.29, 1.82) is 0 Å². The molecule has 0 aromatic rings. The summed E-state index contributed by atoms with van der Waals surface area (Å²) in [4.78, 5) is 128. The molecule has 2 fully saturated rings. The van der Waals surface area contributed by atoms with Crippen LogP contribution in [0, 0.1) is 11.8 Å². The topological polar surface area (TPSA) is 308 Å². The van der Waals surface area contributed by atoms with Crippen LogP contribution in [0.5, 0.6) is 0 Å². The van der Waals surface area contributed by atoms with E-state index < -0.39 is 115 Å². The Morgan fingerprint density at radius 2 is 1.02 bits per heavy atom. The molecule has 0 radical (unpaired) electrons. The molecule has 9 amide bonds. The van der Waals surface area contributed by atoms with Crippen LogP contribution in [-0.4, -0.2) is 150 Å². The molecule has 0 saturated carbocycles. The predicted molar refractivity (Wildman–Crippen MR) is 189 cm³/mol. The van der Waals surface area contributed by atoms with Crippen LogP contribution in [0.3, 0.4) is 0 Å². The molecule has 10 N–H and O–H groups in total. The SMILES string of the molecule is CC(C)[C@H](NC(=O)CNC(=O)CN)C(=O)N1CCC[C@H]1C(=O)NCC(=O)N[C@@H](C)C(=O)N[C@H](C(=O)N1CCC[C@H]1C(=O)NCC(=O)NCC(=O)O)C(C)C. The number of carbonyl (C=O) groups excluding carboxylic acids is 9. The van der Waals surface area contributed by atoms with E-state index in [1.807, 2.05) is 0 Å². The van der Waals surface area contributed by atoms with Crippen molar-refractivity contribution in [1.82, 2.24) is 47.0 Å². The van der Waals surface area contributed by atoms with Gasteiger partial charge in [0.1, 0.15) is 36.8 Å². The van der Waals surface area contributed by atoms with Crippen molar-refractivity contribution in [2.24, 2.45) is 17.6 Å². The molecule has 0 aromatic carbocycles. The van der Waals surface area contributed by atoms with Gasteiger partial charge in [0.2, 0.25) is 53.2 Å². The van der Waals surface area contributed by atoms with E-state index in [1.165, 1.54) is 16.7 Å². The third kappa shape index (κ3) is 13.6. The number of amides is 9. The minimum absolute atomic E-state index is 0.221. The Bertz CT molecular complexity index is 1440. The van der Waals surface area contributed by atoms with E-state index >= 15 is 0 Å². The van der Waals surface area contributed by atoms with Gasteiger partial charge in [-0.2, -0.15) is 0 Å². The Labute approximate surface area is 313 Å². The van der Waals surface area contributed by atoms with Gasteiger partial charge in [-0.3, -0.25) is 47.9 Å². The number of likely N-dealkylation sites (tertiary alicyclic amines) is 2. The summed E-state index contributed by atoms with van der Waals surface area (Å²) >= 11 is 0. The number of rotatable bonds is 19. The fourth-order valence-corrected chi connectivity index (χ4v) is 5.91. The summed E-state index contributed by atoms with van der Waals surface area (Å²) in [6.45, 7) is 6.37. The van der Waals surface area contributed by atoms with Gasteiger partial charge in [-0.05, 0) is 44.4 Å². The van der Waals surface area contributed by atoms with Crippen molar-refractivity contribution in [3.8, 4) is 0 Å². The molecule has 302 valence electrons. The lowest BCUT2D eigenvalue weighted by Crippen LogP contribution is -2.58. The van der Waals surface area contributed by atoms with Crippen molar-refractivity contribution < 1.29 is 53.1 Å². The number of carboxylic acid groups (broad SMARTS) is 1. The second-order valence-electron chi connectivity index (χ2n) is 13.8. The largest absolute Gasteiger partial charge is 0.480 e. The number of nitrogens with two attached hydrogens (primary N) is 1. The number of nitrogens with one attached hydrogen (secondary N) is 7. The maximum Gasteiger partial charge on any atom is 0.322 e. The van der Waals surface area contributed by atoms with Crippen molar-refractivity contribution in [3.63, 3.8) is 0 Å². The van der Waals surface area contributed by atoms with Gasteiger partial charge in [0, 0.05) is 13.1 Å². The fourth-order valence-electron chi connectivity index (χ4n) is 5.91. The Kier molecular flexibility index (Phi) is 17.7. The minimum atomic E-state index is -1.25. The van der Waals surface area contributed by atoms with Gasteiger partial charge in [0.05, 0.1) is 26.2 Å². The Morgan fingerprint density at radius 1 is 0.593 bits per heavy atom. The van der Waals surface area contributed by atoms with E-state index in [9.17, 15) is 47.9 Å². The zero-order valence-electron chi connectivity index (χ0n) is 31.3. The molecular weight excluding hydrogens is 712 g/mol. The highest BCUT2D eigenvalue weighted by Gasteiger charge is 2.40. The van der Waals surface area contributed by atoms with Crippen LogP contribution in [0.2, 0.25) is 0 Å². The first kappa shape index (κ1) is 44.8. The number of aliphatic carboxylic acids is 1. The quantitative estimate of drug-likeness (QED) is 0.0599. The van der Waals surface area contributed by atoms with E-state index in [2.05, 4.69) is 37.2 Å². The van der Waals surface area contributed by atoms with Gasteiger partial charge in [0.15, 0.2) is 0 Å². The number of carbonyl (C=O) groups is 10. The maximum absolute atomic E-state index is 13.6. The van der Waals surface area contributed by atoms with Gasteiger partial charge in [-0.15, -0.1) is 0 Å². The van der Waals surface area contributed by atoms with Crippen LogP contribution >= 0.6 is 0 Å². The first-order chi connectivity index (χ1) is 25.4. The summed E-state index contributed by atoms with van der Waals surface area (Å²) in [5.41, 5.74) is 5.23. The van der Waals surface area contributed by atoms with E-state index in [4.69, 9.17) is 10.8 Å². The molecule has 0 aliphatic carbocycles. The lowest BCUT2D eigenvalue weighted by atomic mass is 10.0. The Morgan fingerprint density at radius 3 is 1.48 bits per heavy atom. The molecule has 2 aliphatic heterocycles. The molecule has 0 aromatic heterocycles. The average molecular weight is 767 g/mol. The summed E-state index contributed by atoms with van der Waals surface area (Å²) in [5, 5.41) is 25.7. The number of hydrogen-bond acceptors (Lipinski definition) is 11. The number of hydrogen-bond donors (Lipinski definition) is 9. The molecule has 2 heterocycles. The smallest absolute Gasteiger partial charge is 0.322 e. The van der Waals surface area contributed by atoms with Crippen molar-refractivity contribution >= 4 is 59.1 Å². The van der Waals surface area contributed by atoms with Crippen molar-refractivity contribution in [2.75, 3.05) is 45.8 Å². The molecule has 2 rings (SSSR count). The highest BCUT2D eigenvalue weighted by atomic mass is 16.4. The lowest BCUT2D eigenvalue weighted by Gasteiger charge is -2.31. The van der Waals surface area contributed by atoms with Crippen molar-refractivity contribution in [2.45, 2.75) is 90.5 Å². The number of nitrogens with zero attached hydrogens (tertiary/aromatic N) is 2. The van der Waals surface area contributed by atoms with Crippen LogP contribution in [0.1, 0.15) is 60.3 Å². The zero-order valence-corrected chi connectivity index (χ0v) is 31.3. The van der Waals surface area contributed by atoms with Crippen LogP contribution in [-0.2, 0) is 47.9 Å². The molecule has 21 heteroatoms. The Balaban J connectivity index is 1.93. The maximum atomic E-state index is 13.6. The molecule has 0 unspecified atom stereocenters. The van der Waals surface area contributed by atoms with Gasteiger partial charge in [0.25, 0.3) is 0 Å². The molecule has 2 saturated heterocycles. The van der Waals surface area contributed by atoms with E-state index in [1.54, 1.807) is 27.7 Å². The van der Waals surface area contributed by atoms with E-state index in [-0.39, 0.29) is 32.1 Å². The van der Waals surface area contributed by atoms with Crippen molar-refractivity contribution in [3.05, 3.63) is 0 Å². The van der Waals surface area contributed by atoms with E-state index in [0.29, 0.717) is 25.7 Å². The van der Waals surface area contributed by atoms with Gasteiger partial charge >= 0.3 is 5.97 Å². The second-order valence-corrected chi connectivity index (χ2v) is 13.8. The Hall–Kier alpha value is -5.34. The first-order valence-electron chi connectivity index (χ1n) is 17.9. The van der Waals surface area contributed by atoms with Crippen LogP contribution in [0.4, 0.5) is 0 Å². The number of carboxylic acids is 1. The van der Waals surface area contributed by atoms with Gasteiger partial charge in [-0.1, -0.05) is 27.7 Å². The molecule has 0 spiro atoms. The second kappa shape index (κ2) is 21.4. The third-order valence-electron chi connectivity index (χ3n) is 8.84. The highest BCUT2D eigenvalue weighted by Crippen LogP contribution is 2.22. The summed E-state index contributed by atoms with van der Waals surface area (Å²) in [6, 6.07) is -5.02. The van der Waals surface area contributed by atoms with Gasteiger partial charge in [-0.25, -0.2) is 0 Å². The normalized spacial score (nSPS) is 18.2. The fraction of sp³-hybridized carbons (Fsp3) is 0.697.